The normalized spacial score (nSPS) is 12.4. The molecule has 1 atom stereocenters. The van der Waals surface area contributed by atoms with Gasteiger partial charge in [0.05, 0.1) is 0 Å². The van der Waals surface area contributed by atoms with Gasteiger partial charge in [-0.15, -0.1) is 0 Å². The number of aldehydes is 1. The lowest BCUT2D eigenvalue weighted by Crippen LogP contribution is -1.98. The SMILES string of the molecule is CCCC(CCC=O)c1ccccc1. The molecule has 0 fully saturated rings. The van der Waals surface area contributed by atoms with E-state index in [-0.39, 0.29) is 0 Å². The van der Waals surface area contributed by atoms with E-state index in [9.17, 15) is 4.79 Å². The summed E-state index contributed by atoms with van der Waals surface area (Å²) in [6, 6.07) is 10.5. The highest BCUT2D eigenvalue weighted by Gasteiger charge is 2.08. The van der Waals surface area contributed by atoms with Gasteiger partial charge in [0.25, 0.3) is 0 Å². The van der Waals surface area contributed by atoms with E-state index >= 15 is 0 Å². The van der Waals surface area contributed by atoms with Crippen molar-refractivity contribution in [2.75, 3.05) is 0 Å². The van der Waals surface area contributed by atoms with Crippen LogP contribution in [-0.2, 0) is 4.79 Å². The maximum Gasteiger partial charge on any atom is 0.120 e. The van der Waals surface area contributed by atoms with Gasteiger partial charge in [-0.25, -0.2) is 0 Å². The van der Waals surface area contributed by atoms with Gasteiger partial charge in [0, 0.05) is 6.42 Å². The molecule has 0 saturated carbocycles. The van der Waals surface area contributed by atoms with Crippen LogP contribution >= 0.6 is 0 Å². The lowest BCUT2D eigenvalue weighted by molar-refractivity contribution is -0.108. The Morgan fingerprint density at radius 3 is 2.50 bits per heavy atom. The predicted molar refractivity (Wildman–Crippen MR) is 59.4 cm³/mol. The van der Waals surface area contributed by atoms with Crippen molar-refractivity contribution in [1.82, 2.24) is 0 Å². The van der Waals surface area contributed by atoms with Crippen LogP contribution in [0.15, 0.2) is 30.3 Å². The molecule has 0 amide bonds. The van der Waals surface area contributed by atoms with Gasteiger partial charge in [0.1, 0.15) is 6.29 Å². The number of benzene rings is 1. The summed E-state index contributed by atoms with van der Waals surface area (Å²) in [6.07, 6.45) is 5.04. The molecule has 0 spiro atoms. The van der Waals surface area contributed by atoms with Crippen molar-refractivity contribution in [2.24, 2.45) is 0 Å². The van der Waals surface area contributed by atoms with E-state index in [1.54, 1.807) is 0 Å². The zero-order valence-corrected chi connectivity index (χ0v) is 8.78. The van der Waals surface area contributed by atoms with Crippen molar-refractivity contribution in [1.29, 1.82) is 0 Å². The number of carbonyl (C=O) groups is 1. The summed E-state index contributed by atoms with van der Waals surface area (Å²) in [6.45, 7) is 2.19. The monoisotopic (exact) mass is 190 g/mol. The Kier molecular flexibility index (Phi) is 4.98. The van der Waals surface area contributed by atoms with E-state index in [4.69, 9.17) is 0 Å². The van der Waals surface area contributed by atoms with Crippen LogP contribution in [0.25, 0.3) is 0 Å². The van der Waals surface area contributed by atoms with Gasteiger partial charge in [0.15, 0.2) is 0 Å². The lowest BCUT2D eigenvalue weighted by Gasteiger charge is -2.14. The first-order valence-electron chi connectivity index (χ1n) is 5.37. The summed E-state index contributed by atoms with van der Waals surface area (Å²) in [7, 11) is 0. The van der Waals surface area contributed by atoms with Crippen LogP contribution in [0.3, 0.4) is 0 Å². The quantitative estimate of drug-likeness (QED) is 0.627. The van der Waals surface area contributed by atoms with Crippen LogP contribution in [0.4, 0.5) is 0 Å². The Hall–Kier alpha value is -1.11. The molecule has 0 saturated heterocycles. The van der Waals surface area contributed by atoms with Crippen LogP contribution in [-0.4, -0.2) is 6.29 Å². The van der Waals surface area contributed by atoms with Crippen molar-refractivity contribution >= 4 is 6.29 Å². The summed E-state index contributed by atoms with van der Waals surface area (Å²) < 4.78 is 0. The highest BCUT2D eigenvalue weighted by Crippen LogP contribution is 2.25. The molecule has 1 aromatic carbocycles. The summed E-state index contributed by atoms with van der Waals surface area (Å²) >= 11 is 0. The van der Waals surface area contributed by atoms with E-state index < -0.39 is 0 Å². The Labute approximate surface area is 86.1 Å². The molecule has 0 radical (unpaired) electrons. The third-order valence-electron chi connectivity index (χ3n) is 2.54. The molecule has 0 bridgehead atoms. The fraction of sp³-hybridized carbons (Fsp3) is 0.462. The van der Waals surface area contributed by atoms with Crippen molar-refractivity contribution in [2.45, 2.75) is 38.5 Å². The minimum absolute atomic E-state index is 0.561. The third kappa shape index (κ3) is 3.33. The highest BCUT2D eigenvalue weighted by atomic mass is 16.1. The van der Waals surface area contributed by atoms with Gasteiger partial charge in [-0.2, -0.15) is 0 Å². The molecule has 76 valence electrons. The first-order valence-corrected chi connectivity index (χ1v) is 5.37. The van der Waals surface area contributed by atoms with Crippen molar-refractivity contribution in [3.63, 3.8) is 0 Å². The Morgan fingerprint density at radius 2 is 1.93 bits per heavy atom. The Morgan fingerprint density at radius 1 is 1.21 bits per heavy atom. The molecular formula is C13H18O. The first-order chi connectivity index (χ1) is 6.88. The van der Waals surface area contributed by atoms with Crippen LogP contribution in [0.5, 0.6) is 0 Å². The molecule has 0 aliphatic carbocycles. The fourth-order valence-corrected chi connectivity index (χ4v) is 1.82. The van der Waals surface area contributed by atoms with E-state index in [0.717, 1.165) is 12.7 Å². The zero-order valence-electron chi connectivity index (χ0n) is 8.78. The fourth-order valence-electron chi connectivity index (χ4n) is 1.82. The van der Waals surface area contributed by atoms with Crippen molar-refractivity contribution < 1.29 is 4.79 Å². The van der Waals surface area contributed by atoms with E-state index in [2.05, 4.69) is 31.2 Å². The molecule has 1 unspecified atom stereocenters. The molecule has 1 heteroatoms. The molecule has 0 heterocycles. The van der Waals surface area contributed by atoms with Gasteiger partial charge < -0.3 is 4.79 Å². The number of rotatable bonds is 6. The van der Waals surface area contributed by atoms with Crippen LogP contribution in [0.2, 0.25) is 0 Å². The van der Waals surface area contributed by atoms with Gasteiger partial charge in [-0.05, 0) is 24.3 Å². The minimum Gasteiger partial charge on any atom is -0.303 e. The van der Waals surface area contributed by atoms with Crippen LogP contribution in [0.1, 0.15) is 44.1 Å². The standard InChI is InChI=1S/C13H18O/c1-2-7-12(10-6-11-14)13-8-4-3-5-9-13/h3-5,8-9,11-12H,2,6-7,10H2,1H3. The van der Waals surface area contributed by atoms with Crippen molar-refractivity contribution in [3.8, 4) is 0 Å². The average molecular weight is 190 g/mol. The Balaban J connectivity index is 2.62. The van der Waals surface area contributed by atoms with E-state index in [0.29, 0.717) is 12.3 Å². The van der Waals surface area contributed by atoms with Gasteiger partial charge >= 0.3 is 0 Å². The smallest absolute Gasteiger partial charge is 0.120 e. The molecule has 0 aliphatic heterocycles. The van der Waals surface area contributed by atoms with Crippen LogP contribution < -0.4 is 0 Å². The molecule has 1 nitrogen and oxygen atoms in total. The summed E-state index contributed by atoms with van der Waals surface area (Å²) in [5.41, 5.74) is 1.37. The molecule has 0 N–H and O–H groups in total. The highest BCUT2D eigenvalue weighted by molar-refractivity contribution is 5.49. The molecule has 0 aliphatic rings. The van der Waals surface area contributed by atoms with Gasteiger partial charge in [-0.3, -0.25) is 0 Å². The number of hydrogen-bond acceptors (Lipinski definition) is 1. The van der Waals surface area contributed by atoms with E-state index in [1.165, 1.54) is 18.4 Å². The molecule has 14 heavy (non-hydrogen) atoms. The summed E-state index contributed by atoms with van der Waals surface area (Å²) in [5, 5.41) is 0. The molecular weight excluding hydrogens is 172 g/mol. The zero-order chi connectivity index (χ0) is 10.2. The van der Waals surface area contributed by atoms with E-state index in [1.807, 2.05) is 6.07 Å². The molecule has 0 aromatic heterocycles. The second kappa shape index (κ2) is 6.36. The van der Waals surface area contributed by atoms with Gasteiger partial charge in [-0.1, -0.05) is 43.7 Å². The predicted octanol–water partition coefficient (Wildman–Crippen LogP) is 3.55. The van der Waals surface area contributed by atoms with Crippen molar-refractivity contribution in [3.05, 3.63) is 35.9 Å². The number of hydrogen-bond donors (Lipinski definition) is 0. The first kappa shape index (κ1) is 11.0. The van der Waals surface area contributed by atoms with Crippen LogP contribution in [0, 0.1) is 0 Å². The maximum absolute atomic E-state index is 10.3. The topological polar surface area (TPSA) is 17.1 Å². The minimum atomic E-state index is 0.561. The third-order valence-corrected chi connectivity index (χ3v) is 2.54. The second-order valence-corrected chi connectivity index (χ2v) is 3.64. The summed E-state index contributed by atoms with van der Waals surface area (Å²) in [4.78, 5) is 10.3. The maximum atomic E-state index is 10.3. The van der Waals surface area contributed by atoms with Gasteiger partial charge in [0.2, 0.25) is 0 Å². The second-order valence-electron chi connectivity index (χ2n) is 3.64. The average Bonchev–Trinajstić information content (AvgIpc) is 2.25. The number of carbonyl (C=O) groups excluding carboxylic acids is 1. The largest absolute Gasteiger partial charge is 0.303 e. The lowest BCUT2D eigenvalue weighted by atomic mass is 9.90. The molecule has 1 aromatic rings. The molecule has 1 rings (SSSR count). The summed E-state index contributed by atoms with van der Waals surface area (Å²) in [5.74, 6) is 0.561. The Bertz CT molecular complexity index is 253.